The zero-order valence-electron chi connectivity index (χ0n) is 11.3. The third-order valence-corrected chi connectivity index (χ3v) is 2.89. The number of carbonyl (C=O) groups excluding carboxylic acids is 1. The summed E-state index contributed by atoms with van der Waals surface area (Å²) in [4.78, 5) is 14.9. The summed E-state index contributed by atoms with van der Waals surface area (Å²) in [5, 5.41) is 16.3. The van der Waals surface area contributed by atoms with Crippen molar-refractivity contribution in [2.45, 2.75) is 6.18 Å². The molecule has 2 aromatic rings. The number of hydrogen-bond donors (Lipinski definition) is 1. The average Bonchev–Trinajstić information content (AvgIpc) is 2.49. The van der Waals surface area contributed by atoms with Gasteiger partial charge in [-0.1, -0.05) is 17.7 Å². The van der Waals surface area contributed by atoms with E-state index in [9.17, 15) is 23.1 Å². The first-order chi connectivity index (χ1) is 10.8. The molecule has 0 aliphatic carbocycles. The molecule has 9 heteroatoms. The highest BCUT2D eigenvalue weighted by Crippen LogP contribution is 2.31. The van der Waals surface area contributed by atoms with E-state index in [1.165, 1.54) is 24.3 Å². The normalized spacial score (nSPS) is 10.8. The van der Waals surface area contributed by atoms with E-state index in [0.29, 0.717) is 0 Å². The molecule has 0 radical (unpaired) electrons. The largest absolute Gasteiger partial charge is 0.507 e. The minimum absolute atomic E-state index is 0.119. The molecule has 118 valence electrons. The fourth-order valence-corrected chi connectivity index (χ4v) is 1.76. The maximum atomic E-state index is 12.5. The van der Waals surface area contributed by atoms with Crippen LogP contribution in [0.15, 0.2) is 52.7 Å². The predicted octanol–water partition coefficient (Wildman–Crippen LogP) is 4.51. The molecule has 0 aliphatic rings. The monoisotopic (exact) mass is 342 g/mol. The van der Waals surface area contributed by atoms with Gasteiger partial charge in [0.05, 0.1) is 11.1 Å². The molecule has 0 aromatic heterocycles. The van der Waals surface area contributed by atoms with E-state index in [1.807, 2.05) is 0 Å². The number of halogens is 4. The third-order valence-electron chi connectivity index (χ3n) is 2.66. The van der Waals surface area contributed by atoms with E-state index in [-0.39, 0.29) is 22.0 Å². The van der Waals surface area contributed by atoms with Crippen LogP contribution in [-0.2, 0) is 6.18 Å². The smallest absolute Gasteiger partial charge is 0.416 e. The molecule has 0 unspecified atom stereocenters. The fraction of sp³-hybridized carbons (Fsp3) is 0.0714. The standard InChI is InChI=1S/C14H7ClF3N3O2/c15-9-4-5-12(22)11(7-9)13(23)20-21-19-10-3-1-2-8(6-10)14(16,17)18/h1-7H/p+1. The lowest BCUT2D eigenvalue weighted by Crippen LogP contribution is -2.03. The van der Waals surface area contributed by atoms with Crippen molar-refractivity contribution < 1.29 is 23.1 Å². The number of hydrogen-bond acceptors (Lipinski definition) is 3. The summed E-state index contributed by atoms with van der Waals surface area (Å²) in [7, 11) is 0. The summed E-state index contributed by atoms with van der Waals surface area (Å²) in [6, 6.07) is 7.83. The van der Waals surface area contributed by atoms with Gasteiger partial charge in [0.1, 0.15) is 5.75 Å². The van der Waals surface area contributed by atoms with Crippen LogP contribution in [0.4, 0.5) is 18.9 Å². The number of rotatable bonds is 2. The van der Waals surface area contributed by atoms with Gasteiger partial charge in [-0.2, -0.15) is 13.2 Å². The van der Waals surface area contributed by atoms with Crippen molar-refractivity contribution in [2.75, 3.05) is 0 Å². The number of benzene rings is 2. The van der Waals surface area contributed by atoms with Crippen molar-refractivity contribution in [1.29, 1.82) is 0 Å². The number of amides is 1. The molecule has 0 saturated heterocycles. The quantitative estimate of drug-likeness (QED) is 0.644. The number of carbonyl (C=O) groups is 1. The van der Waals surface area contributed by atoms with Crippen molar-refractivity contribution in [3.8, 4) is 5.75 Å². The Morgan fingerprint density at radius 1 is 1.17 bits per heavy atom. The van der Waals surface area contributed by atoms with Crippen LogP contribution in [0.3, 0.4) is 0 Å². The Labute approximate surface area is 132 Å². The van der Waals surface area contributed by atoms with Crippen molar-refractivity contribution in [3.63, 3.8) is 0 Å². The summed E-state index contributed by atoms with van der Waals surface area (Å²) in [6.45, 7) is 0. The van der Waals surface area contributed by atoms with Gasteiger partial charge in [0.2, 0.25) is 10.0 Å². The van der Waals surface area contributed by atoms with E-state index in [0.717, 1.165) is 18.2 Å². The second-order valence-electron chi connectivity index (χ2n) is 4.30. The van der Waals surface area contributed by atoms with Crippen molar-refractivity contribution >= 4 is 23.2 Å². The molecule has 0 bridgehead atoms. The lowest BCUT2D eigenvalue weighted by atomic mass is 10.2. The van der Waals surface area contributed by atoms with E-state index in [4.69, 9.17) is 11.6 Å². The number of phenolic OH excluding ortho intramolecular Hbond substituents is 1. The van der Waals surface area contributed by atoms with Gasteiger partial charge in [0.15, 0.2) is 10.8 Å². The minimum Gasteiger partial charge on any atom is -0.507 e. The number of nitrogens with zero attached hydrogens (tertiary/aromatic N) is 3. The SMILES string of the molecule is O=C(N=[N+]=Nc1cccc(C(F)(F)F)c1)c1cc(Cl)ccc1O. The second kappa shape index (κ2) is 6.60. The molecule has 1 N–H and O–H groups in total. The Morgan fingerprint density at radius 3 is 2.61 bits per heavy atom. The van der Waals surface area contributed by atoms with Crippen molar-refractivity contribution in [1.82, 2.24) is 4.91 Å². The Hall–Kier alpha value is -2.70. The van der Waals surface area contributed by atoms with Crippen LogP contribution in [0.25, 0.3) is 0 Å². The van der Waals surface area contributed by atoms with Crippen LogP contribution in [0.2, 0.25) is 5.02 Å². The first-order valence-electron chi connectivity index (χ1n) is 6.09. The van der Waals surface area contributed by atoms with Crippen LogP contribution in [-0.4, -0.2) is 11.0 Å². The van der Waals surface area contributed by atoms with Crippen LogP contribution in [0.5, 0.6) is 5.75 Å². The van der Waals surface area contributed by atoms with E-state index >= 15 is 0 Å². The van der Waals surface area contributed by atoms with Crippen LogP contribution < -0.4 is 4.91 Å². The van der Waals surface area contributed by atoms with Gasteiger partial charge in [0, 0.05) is 5.02 Å². The third kappa shape index (κ3) is 4.38. The summed E-state index contributed by atoms with van der Waals surface area (Å²) in [5.41, 5.74) is -1.21. The fourth-order valence-electron chi connectivity index (χ4n) is 1.59. The molecule has 2 rings (SSSR count). The number of aromatic hydroxyl groups is 1. The lowest BCUT2D eigenvalue weighted by molar-refractivity contribution is -0.137. The average molecular weight is 343 g/mol. The van der Waals surface area contributed by atoms with E-state index in [2.05, 4.69) is 15.1 Å². The lowest BCUT2D eigenvalue weighted by Gasteiger charge is -2.04. The van der Waals surface area contributed by atoms with Gasteiger partial charge >= 0.3 is 12.1 Å². The molecule has 1 amide bonds. The van der Waals surface area contributed by atoms with Crippen LogP contribution >= 0.6 is 11.6 Å². The Bertz CT molecular complexity index is 815. The molecule has 0 saturated carbocycles. The summed E-state index contributed by atoms with van der Waals surface area (Å²) in [6.07, 6.45) is -4.51. The van der Waals surface area contributed by atoms with Crippen molar-refractivity contribution in [2.24, 2.45) is 10.2 Å². The number of phenols is 1. The van der Waals surface area contributed by atoms with Crippen LogP contribution in [0, 0.1) is 0 Å². The van der Waals surface area contributed by atoms with Gasteiger partial charge in [-0.15, -0.1) is 0 Å². The topological polar surface area (TPSA) is 76.1 Å². The Morgan fingerprint density at radius 2 is 1.91 bits per heavy atom. The molecule has 0 fully saturated rings. The molecule has 0 aliphatic heterocycles. The minimum atomic E-state index is -4.51. The van der Waals surface area contributed by atoms with E-state index < -0.39 is 17.6 Å². The summed E-state index contributed by atoms with van der Waals surface area (Å²) < 4.78 is 37.6. The molecular formula is C14H8ClF3N3O2+. The van der Waals surface area contributed by atoms with Gasteiger partial charge in [-0.3, -0.25) is 4.79 Å². The zero-order chi connectivity index (χ0) is 17.0. The highest BCUT2D eigenvalue weighted by molar-refractivity contribution is 6.31. The number of alkyl halides is 3. The molecule has 0 heterocycles. The highest BCUT2D eigenvalue weighted by atomic mass is 35.5. The molecule has 2 aromatic carbocycles. The van der Waals surface area contributed by atoms with Gasteiger partial charge in [-0.05, 0) is 36.4 Å². The Kier molecular flexibility index (Phi) is 4.78. The molecular weight excluding hydrogens is 335 g/mol. The molecule has 0 spiro atoms. The summed E-state index contributed by atoms with van der Waals surface area (Å²) in [5.74, 6) is -1.28. The maximum Gasteiger partial charge on any atom is 0.416 e. The van der Waals surface area contributed by atoms with Crippen molar-refractivity contribution in [3.05, 3.63) is 58.6 Å². The first-order valence-corrected chi connectivity index (χ1v) is 6.47. The predicted molar refractivity (Wildman–Crippen MR) is 75.5 cm³/mol. The Balaban J connectivity index is 2.24. The van der Waals surface area contributed by atoms with Gasteiger partial charge < -0.3 is 5.11 Å². The first kappa shape index (κ1) is 16.7. The summed E-state index contributed by atoms with van der Waals surface area (Å²) >= 11 is 5.69. The molecule has 23 heavy (non-hydrogen) atoms. The van der Waals surface area contributed by atoms with Crippen LogP contribution in [0.1, 0.15) is 15.9 Å². The maximum absolute atomic E-state index is 12.5. The highest BCUT2D eigenvalue weighted by Gasteiger charge is 2.30. The van der Waals surface area contributed by atoms with Gasteiger partial charge in [-0.25, -0.2) is 0 Å². The zero-order valence-corrected chi connectivity index (χ0v) is 12.0. The van der Waals surface area contributed by atoms with Gasteiger partial charge in [0.25, 0.3) is 0 Å². The van der Waals surface area contributed by atoms with E-state index in [1.54, 1.807) is 0 Å². The second-order valence-corrected chi connectivity index (χ2v) is 4.74. The molecule has 0 atom stereocenters. The molecule has 5 nitrogen and oxygen atoms in total.